The Labute approximate surface area is 117 Å². The van der Waals surface area contributed by atoms with Gasteiger partial charge < -0.3 is 5.32 Å². The smallest absolute Gasteiger partial charge is 0.226 e. The number of para-hydroxylation sites is 2. The Morgan fingerprint density at radius 2 is 2.11 bits per heavy atom. The summed E-state index contributed by atoms with van der Waals surface area (Å²) in [4.78, 5) is 16.0. The highest BCUT2D eigenvalue weighted by molar-refractivity contribution is 8.13. The first kappa shape index (κ1) is 15.1. The van der Waals surface area contributed by atoms with Gasteiger partial charge in [0.1, 0.15) is 0 Å². The van der Waals surface area contributed by atoms with Crippen molar-refractivity contribution in [3.8, 4) is 6.19 Å². The molecule has 1 aromatic carbocycles. The maximum absolute atomic E-state index is 11.7. The molecule has 1 amide bonds. The van der Waals surface area contributed by atoms with Crippen LogP contribution in [0.5, 0.6) is 0 Å². The van der Waals surface area contributed by atoms with Gasteiger partial charge in [0.15, 0.2) is 11.4 Å². The van der Waals surface area contributed by atoms with Crippen LogP contribution in [0.25, 0.3) is 0 Å². The molecule has 0 unspecified atom stereocenters. The van der Waals surface area contributed by atoms with E-state index in [-0.39, 0.29) is 11.8 Å². The van der Waals surface area contributed by atoms with Crippen molar-refractivity contribution in [3.63, 3.8) is 0 Å². The highest BCUT2D eigenvalue weighted by Crippen LogP contribution is 2.25. The van der Waals surface area contributed by atoms with E-state index in [4.69, 9.17) is 5.26 Å². The monoisotopic (exact) mass is 276 g/mol. The van der Waals surface area contributed by atoms with Crippen molar-refractivity contribution in [2.75, 3.05) is 11.6 Å². The van der Waals surface area contributed by atoms with Gasteiger partial charge in [-0.2, -0.15) is 5.26 Å². The number of carbonyl (C=O) groups excluding carboxylic acids is 1. The van der Waals surface area contributed by atoms with Gasteiger partial charge in [0.05, 0.1) is 11.4 Å². The van der Waals surface area contributed by atoms with E-state index < -0.39 is 0 Å². The molecule has 1 rings (SSSR count). The first-order valence-electron chi connectivity index (χ1n) is 5.76. The second kappa shape index (κ2) is 7.44. The van der Waals surface area contributed by atoms with E-state index in [1.165, 1.54) is 11.8 Å². The molecule has 19 heavy (non-hydrogen) atoms. The van der Waals surface area contributed by atoms with Gasteiger partial charge in [0.2, 0.25) is 5.91 Å². The van der Waals surface area contributed by atoms with E-state index >= 15 is 0 Å². The van der Waals surface area contributed by atoms with Crippen LogP contribution in [0, 0.1) is 17.4 Å². The predicted octanol–water partition coefficient (Wildman–Crippen LogP) is 2.70. The third-order valence-corrected chi connectivity index (χ3v) is 2.84. The summed E-state index contributed by atoms with van der Waals surface area (Å²) in [6, 6.07) is 7.22. The number of nitriles is 1. The van der Waals surface area contributed by atoms with E-state index in [1.807, 2.05) is 38.4 Å². The van der Waals surface area contributed by atoms with E-state index in [0.29, 0.717) is 16.5 Å². The number of carbonyl (C=O) groups is 1. The summed E-state index contributed by atoms with van der Waals surface area (Å²) < 4.78 is 0. The molecule has 6 heteroatoms. The van der Waals surface area contributed by atoms with Crippen molar-refractivity contribution in [1.82, 2.24) is 5.32 Å². The standard InChI is InChI=1S/C13H16N4OS/c1-9(2)12(18)16-10-6-4-5-7-11(10)17-13(19-3)15-8-14/h4-7,9H,1-3H3,(H,15,17)(H,16,18). The van der Waals surface area contributed by atoms with Crippen molar-refractivity contribution >= 4 is 34.2 Å². The molecule has 0 saturated carbocycles. The first-order valence-corrected chi connectivity index (χ1v) is 6.98. The Morgan fingerprint density at radius 3 is 2.68 bits per heavy atom. The molecule has 0 aliphatic rings. The molecule has 5 nitrogen and oxygen atoms in total. The summed E-state index contributed by atoms with van der Waals surface area (Å²) in [7, 11) is 0. The summed E-state index contributed by atoms with van der Waals surface area (Å²) in [6.07, 6.45) is 3.65. The summed E-state index contributed by atoms with van der Waals surface area (Å²) in [5, 5.41) is 14.4. The summed E-state index contributed by atoms with van der Waals surface area (Å²) in [5.74, 6) is -0.170. The van der Waals surface area contributed by atoms with Gasteiger partial charge in [-0.25, -0.2) is 4.99 Å². The van der Waals surface area contributed by atoms with Gasteiger partial charge in [0.25, 0.3) is 0 Å². The molecule has 0 heterocycles. The molecule has 0 saturated heterocycles. The van der Waals surface area contributed by atoms with Crippen molar-refractivity contribution in [2.45, 2.75) is 13.8 Å². The van der Waals surface area contributed by atoms with E-state index in [0.717, 1.165) is 0 Å². The van der Waals surface area contributed by atoms with Gasteiger partial charge in [-0.3, -0.25) is 10.1 Å². The minimum atomic E-state index is -0.103. The fourth-order valence-corrected chi connectivity index (χ4v) is 1.57. The molecular weight excluding hydrogens is 260 g/mol. The van der Waals surface area contributed by atoms with Crippen LogP contribution < -0.4 is 10.6 Å². The van der Waals surface area contributed by atoms with Crippen LogP contribution in [0.1, 0.15) is 13.8 Å². The topological polar surface area (TPSA) is 77.3 Å². The van der Waals surface area contributed by atoms with Crippen molar-refractivity contribution in [1.29, 1.82) is 5.26 Å². The fourth-order valence-electron chi connectivity index (χ4n) is 1.24. The van der Waals surface area contributed by atoms with Crippen LogP contribution in [0.2, 0.25) is 0 Å². The molecule has 0 spiro atoms. The summed E-state index contributed by atoms with van der Waals surface area (Å²) in [6.45, 7) is 3.65. The van der Waals surface area contributed by atoms with E-state index in [2.05, 4.69) is 15.6 Å². The van der Waals surface area contributed by atoms with Gasteiger partial charge in [0, 0.05) is 5.92 Å². The SMILES string of the molecule is CSC(=Nc1ccccc1NC(=O)C(C)C)NC#N. The van der Waals surface area contributed by atoms with Gasteiger partial charge in [-0.1, -0.05) is 37.7 Å². The lowest BCUT2D eigenvalue weighted by Gasteiger charge is -2.10. The molecule has 100 valence electrons. The number of aliphatic imine (C=N–C) groups is 1. The van der Waals surface area contributed by atoms with Crippen molar-refractivity contribution in [3.05, 3.63) is 24.3 Å². The van der Waals surface area contributed by atoms with Gasteiger partial charge >= 0.3 is 0 Å². The van der Waals surface area contributed by atoms with Gasteiger partial charge in [-0.05, 0) is 18.4 Å². The normalized spacial score (nSPS) is 11.0. The second-order valence-corrected chi connectivity index (χ2v) is 4.81. The molecule has 0 fully saturated rings. The third kappa shape index (κ3) is 4.64. The molecule has 0 atom stereocenters. The Kier molecular flexibility index (Phi) is 5.90. The number of thioether (sulfide) groups is 1. The largest absolute Gasteiger partial charge is 0.324 e. The molecule has 0 aromatic heterocycles. The number of hydrogen-bond donors (Lipinski definition) is 2. The van der Waals surface area contributed by atoms with Gasteiger partial charge in [-0.15, -0.1) is 0 Å². The average molecular weight is 276 g/mol. The maximum Gasteiger partial charge on any atom is 0.226 e. The zero-order chi connectivity index (χ0) is 14.3. The van der Waals surface area contributed by atoms with Crippen molar-refractivity contribution in [2.24, 2.45) is 10.9 Å². The number of nitrogens with zero attached hydrogens (tertiary/aromatic N) is 2. The Hall–Kier alpha value is -2.00. The fraction of sp³-hybridized carbons (Fsp3) is 0.308. The Bertz CT molecular complexity index is 520. The quantitative estimate of drug-likeness (QED) is 0.385. The van der Waals surface area contributed by atoms with Crippen LogP contribution >= 0.6 is 11.8 Å². The second-order valence-electron chi connectivity index (χ2n) is 4.02. The molecule has 0 aliphatic carbocycles. The minimum absolute atomic E-state index is 0.0680. The Balaban J connectivity index is 3.02. The number of nitrogens with one attached hydrogen (secondary N) is 2. The zero-order valence-corrected chi connectivity index (χ0v) is 11.9. The van der Waals surface area contributed by atoms with Crippen molar-refractivity contribution < 1.29 is 4.79 Å². The minimum Gasteiger partial charge on any atom is -0.324 e. The van der Waals surface area contributed by atoms with Crippen LogP contribution in [-0.4, -0.2) is 17.3 Å². The van der Waals surface area contributed by atoms with Crippen LogP contribution in [-0.2, 0) is 4.79 Å². The highest BCUT2D eigenvalue weighted by Gasteiger charge is 2.10. The lowest BCUT2D eigenvalue weighted by molar-refractivity contribution is -0.118. The third-order valence-electron chi connectivity index (χ3n) is 2.26. The molecule has 0 radical (unpaired) electrons. The Morgan fingerprint density at radius 1 is 1.42 bits per heavy atom. The average Bonchev–Trinajstić information content (AvgIpc) is 2.40. The van der Waals surface area contributed by atoms with Crippen LogP contribution in [0.3, 0.4) is 0 Å². The first-order chi connectivity index (χ1) is 9.08. The molecule has 0 aliphatic heterocycles. The lowest BCUT2D eigenvalue weighted by Crippen LogP contribution is -2.18. The molecule has 1 aromatic rings. The number of amidine groups is 1. The lowest BCUT2D eigenvalue weighted by atomic mass is 10.2. The zero-order valence-electron chi connectivity index (χ0n) is 11.1. The summed E-state index contributed by atoms with van der Waals surface area (Å²) >= 11 is 1.33. The number of hydrogen-bond acceptors (Lipinski definition) is 4. The van der Waals surface area contributed by atoms with Crippen LogP contribution in [0.4, 0.5) is 11.4 Å². The number of rotatable bonds is 3. The van der Waals surface area contributed by atoms with E-state index in [1.54, 1.807) is 12.1 Å². The molecule has 2 N–H and O–H groups in total. The molecule has 0 bridgehead atoms. The number of amides is 1. The molecular formula is C13H16N4OS. The predicted molar refractivity (Wildman–Crippen MR) is 79.3 cm³/mol. The maximum atomic E-state index is 11.7. The summed E-state index contributed by atoms with van der Waals surface area (Å²) in [5.41, 5.74) is 1.25. The number of benzene rings is 1. The highest BCUT2D eigenvalue weighted by atomic mass is 32.2. The van der Waals surface area contributed by atoms with E-state index in [9.17, 15) is 4.79 Å². The number of anilines is 1. The van der Waals surface area contributed by atoms with Crippen LogP contribution in [0.15, 0.2) is 29.3 Å².